The highest BCUT2D eigenvalue weighted by Gasteiger charge is 2.04. The van der Waals surface area contributed by atoms with E-state index in [9.17, 15) is 4.79 Å². The number of aromatic nitrogens is 1. The van der Waals surface area contributed by atoms with Crippen molar-refractivity contribution in [2.75, 3.05) is 0 Å². The van der Waals surface area contributed by atoms with Crippen LogP contribution < -0.4 is 5.56 Å². The largest absolute Gasteiger partial charge is 0.314 e. The SMILES string of the molecule is Cc1c(Br)cc(Cl)c(=O)n1C. The van der Waals surface area contributed by atoms with Gasteiger partial charge in [-0.25, -0.2) is 0 Å². The van der Waals surface area contributed by atoms with Gasteiger partial charge in [-0.05, 0) is 28.9 Å². The summed E-state index contributed by atoms with van der Waals surface area (Å²) in [4.78, 5) is 11.2. The zero-order valence-corrected chi connectivity index (χ0v) is 8.53. The van der Waals surface area contributed by atoms with Gasteiger partial charge in [0.1, 0.15) is 5.02 Å². The van der Waals surface area contributed by atoms with E-state index >= 15 is 0 Å². The fourth-order valence-corrected chi connectivity index (χ4v) is 1.61. The van der Waals surface area contributed by atoms with Gasteiger partial charge < -0.3 is 4.57 Å². The standard InChI is InChI=1S/C7H7BrClNO/c1-4-5(8)3-6(9)7(11)10(4)2/h3H,1-2H3. The second-order valence-corrected chi connectivity index (χ2v) is 3.55. The Kier molecular flexibility index (Phi) is 2.40. The van der Waals surface area contributed by atoms with E-state index in [1.165, 1.54) is 4.57 Å². The highest BCUT2D eigenvalue weighted by molar-refractivity contribution is 9.10. The minimum atomic E-state index is -0.160. The minimum Gasteiger partial charge on any atom is -0.314 e. The van der Waals surface area contributed by atoms with Crippen LogP contribution in [0.15, 0.2) is 15.3 Å². The first-order valence-electron chi connectivity index (χ1n) is 3.05. The topological polar surface area (TPSA) is 22.0 Å². The van der Waals surface area contributed by atoms with Crippen molar-refractivity contribution in [3.05, 3.63) is 31.6 Å². The van der Waals surface area contributed by atoms with Crippen LogP contribution in [0.5, 0.6) is 0 Å². The van der Waals surface area contributed by atoms with Crippen molar-refractivity contribution in [2.24, 2.45) is 7.05 Å². The molecule has 0 unspecified atom stereocenters. The van der Waals surface area contributed by atoms with Crippen molar-refractivity contribution in [2.45, 2.75) is 6.92 Å². The van der Waals surface area contributed by atoms with Gasteiger partial charge in [0.15, 0.2) is 0 Å². The molecule has 0 amide bonds. The Hall–Kier alpha value is -0.280. The molecule has 1 aromatic rings. The summed E-state index contributed by atoms with van der Waals surface area (Å²) < 4.78 is 2.36. The summed E-state index contributed by atoms with van der Waals surface area (Å²) in [5.41, 5.74) is 0.715. The Labute approximate surface area is 77.9 Å². The zero-order valence-electron chi connectivity index (χ0n) is 6.19. The Morgan fingerprint density at radius 2 is 2.18 bits per heavy atom. The molecule has 2 nitrogen and oxygen atoms in total. The molecule has 4 heteroatoms. The average molecular weight is 236 g/mol. The molecule has 0 aliphatic carbocycles. The van der Waals surface area contributed by atoms with Crippen LogP contribution in [0.25, 0.3) is 0 Å². The molecule has 0 bridgehead atoms. The molecular weight excluding hydrogens is 229 g/mol. The first-order chi connectivity index (χ1) is 5.04. The quantitative estimate of drug-likeness (QED) is 0.676. The van der Waals surface area contributed by atoms with Crippen LogP contribution in [0.2, 0.25) is 5.02 Å². The zero-order chi connectivity index (χ0) is 8.59. The number of pyridine rings is 1. The van der Waals surface area contributed by atoms with Crippen LogP contribution >= 0.6 is 27.5 Å². The first-order valence-corrected chi connectivity index (χ1v) is 4.22. The molecule has 0 fully saturated rings. The van der Waals surface area contributed by atoms with Gasteiger partial charge in [-0.15, -0.1) is 0 Å². The van der Waals surface area contributed by atoms with Gasteiger partial charge in [-0.1, -0.05) is 11.6 Å². The van der Waals surface area contributed by atoms with Crippen LogP contribution in [0.1, 0.15) is 5.69 Å². The summed E-state index contributed by atoms with van der Waals surface area (Å²) in [5.74, 6) is 0. The lowest BCUT2D eigenvalue weighted by molar-refractivity contribution is 0.813. The monoisotopic (exact) mass is 235 g/mol. The fraction of sp³-hybridized carbons (Fsp3) is 0.286. The lowest BCUT2D eigenvalue weighted by Crippen LogP contribution is -2.19. The molecule has 0 N–H and O–H groups in total. The van der Waals surface area contributed by atoms with Gasteiger partial charge in [0.25, 0.3) is 5.56 Å². The molecule has 0 atom stereocenters. The third-order valence-electron chi connectivity index (χ3n) is 1.61. The molecule has 0 saturated heterocycles. The number of rotatable bonds is 0. The maximum absolute atomic E-state index is 11.2. The third-order valence-corrected chi connectivity index (χ3v) is 2.68. The van der Waals surface area contributed by atoms with E-state index < -0.39 is 0 Å². The van der Waals surface area contributed by atoms with Gasteiger partial charge in [-0.2, -0.15) is 0 Å². The summed E-state index contributed by atoms with van der Waals surface area (Å²) >= 11 is 8.91. The highest BCUT2D eigenvalue weighted by Crippen LogP contribution is 2.16. The minimum absolute atomic E-state index is 0.160. The molecule has 0 aliphatic heterocycles. The molecule has 1 heterocycles. The molecule has 0 aromatic carbocycles. The van der Waals surface area contributed by atoms with Crippen molar-refractivity contribution in [1.82, 2.24) is 4.57 Å². The van der Waals surface area contributed by atoms with Crippen LogP contribution in [-0.4, -0.2) is 4.57 Å². The molecule has 0 saturated carbocycles. The van der Waals surface area contributed by atoms with Gasteiger partial charge in [0, 0.05) is 17.2 Å². The maximum Gasteiger partial charge on any atom is 0.269 e. The van der Waals surface area contributed by atoms with Crippen LogP contribution in [0, 0.1) is 6.92 Å². The molecular formula is C7H7BrClNO. The van der Waals surface area contributed by atoms with E-state index in [1.807, 2.05) is 6.92 Å². The Morgan fingerprint density at radius 3 is 2.73 bits per heavy atom. The first kappa shape index (κ1) is 8.81. The van der Waals surface area contributed by atoms with Gasteiger partial charge >= 0.3 is 0 Å². The van der Waals surface area contributed by atoms with E-state index in [0.717, 1.165) is 10.2 Å². The number of hydrogen-bond acceptors (Lipinski definition) is 1. The smallest absolute Gasteiger partial charge is 0.269 e. The molecule has 1 aromatic heterocycles. The lowest BCUT2D eigenvalue weighted by atomic mass is 10.4. The Bertz CT molecular complexity index is 345. The van der Waals surface area contributed by atoms with E-state index in [4.69, 9.17) is 11.6 Å². The number of nitrogens with zero attached hydrogens (tertiary/aromatic N) is 1. The van der Waals surface area contributed by atoms with Crippen molar-refractivity contribution >= 4 is 27.5 Å². The van der Waals surface area contributed by atoms with Gasteiger partial charge in [0.05, 0.1) is 0 Å². The summed E-state index contributed by atoms with van der Waals surface area (Å²) in [6, 6.07) is 1.61. The average Bonchev–Trinajstić information content (AvgIpc) is 1.97. The summed E-state index contributed by atoms with van der Waals surface area (Å²) in [5, 5.41) is 0.241. The molecule has 0 spiro atoms. The molecule has 0 aliphatic rings. The summed E-state index contributed by atoms with van der Waals surface area (Å²) in [6.45, 7) is 1.85. The second kappa shape index (κ2) is 2.99. The fourth-order valence-electron chi connectivity index (χ4n) is 0.750. The Morgan fingerprint density at radius 1 is 1.64 bits per heavy atom. The predicted octanol–water partition coefficient (Wildman–Crippen LogP) is 2.11. The number of halogens is 2. The molecule has 1 rings (SSSR count). The van der Waals surface area contributed by atoms with E-state index in [2.05, 4.69) is 15.9 Å². The van der Waals surface area contributed by atoms with Crippen LogP contribution in [0.4, 0.5) is 0 Å². The molecule has 11 heavy (non-hydrogen) atoms. The van der Waals surface area contributed by atoms with E-state index in [0.29, 0.717) is 0 Å². The van der Waals surface area contributed by atoms with Crippen molar-refractivity contribution in [3.8, 4) is 0 Å². The van der Waals surface area contributed by atoms with Crippen molar-refractivity contribution in [3.63, 3.8) is 0 Å². The van der Waals surface area contributed by atoms with Crippen molar-refractivity contribution in [1.29, 1.82) is 0 Å². The van der Waals surface area contributed by atoms with Crippen LogP contribution in [0.3, 0.4) is 0 Å². The second-order valence-electron chi connectivity index (χ2n) is 2.29. The van der Waals surface area contributed by atoms with Gasteiger partial charge in [0.2, 0.25) is 0 Å². The molecule has 0 radical (unpaired) electrons. The third kappa shape index (κ3) is 1.49. The maximum atomic E-state index is 11.2. The predicted molar refractivity (Wildman–Crippen MR) is 49.1 cm³/mol. The number of hydrogen-bond donors (Lipinski definition) is 0. The highest BCUT2D eigenvalue weighted by atomic mass is 79.9. The summed E-state index contributed by atoms with van der Waals surface area (Å²) in [7, 11) is 1.69. The molecule has 60 valence electrons. The Balaban J connectivity index is 3.59. The normalized spacial score (nSPS) is 10.2. The van der Waals surface area contributed by atoms with E-state index in [-0.39, 0.29) is 10.6 Å². The van der Waals surface area contributed by atoms with E-state index in [1.54, 1.807) is 13.1 Å². The van der Waals surface area contributed by atoms with Gasteiger partial charge in [-0.3, -0.25) is 4.79 Å². The lowest BCUT2D eigenvalue weighted by Gasteiger charge is -2.04. The van der Waals surface area contributed by atoms with Crippen molar-refractivity contribution < 1.29 is 0 Å². The van der Waals surface area contributed by atoms with Crippen LogP contribution in [-0.2, 0) is 7.05 Å². The summed E-state index contributed by atoms with van der Waals surface area (Å²) in [6.07, 6.45) is 0.